The lowest BCUT2D eigenvalue weighted by Gasteiger charge is -2.12. The zero-order valence-electron chi connectivity index (χ0n) is 13.1. The number of ether oxygens (including phenoxy) is 1. The van der Waals surface area contributed by atoms with Gasteiger partial charge >= 0.3 is 0 Å². The fourth-order valence-corrected chi connectivity index (χ4v) is 2.72. The van der Waals surface area contributed by atoms with E-state index < -0.39 is 0 Å². The van der Waals surface area contributed by atoms with E-state index in [4.69, 9.17) is 4.74 Å². The van der Waals surface area contributed by atoms with Crippen LogP contribution in [0.1, 0.15) is 28.8 Å². The molecule has 1 aliphatic heterocycles. The van der Waals surface area contributed by atoms with Crippen LogP contribution in [0.15, 0.2) is 54.6 Å². The van der Waals surface area contributed by atoms with Crippen LogP contribution in [-0.4, -0.2) is 25.0 Å². The summed E-state index contributed by atoms with van der Waals surface area (Å²) in [7, 11) is 0. The SMILES string of the molecule is O=C(NCC1CCCN1)c1cccc(OCc2ccccc2)c1. The summed E-state index contributed by atoms with van der Waals surface area (Å²) >= 11 is 0. The van der Waals surface area contributed by atoms with Gasteiger partial charge in [0.05, 0.1) is 0 Å². The Balaban J connectivity index is 1.54. The van der Waals surface area contributed by atoms with Gasteiger partial charge in [0.15, 0.2) is 0 Å². The predicted octanol–water partition coefficient (Wildman–Crippen LogP) is 2.75. The van der Waals surface area contributed by atoms with Gasteiger partial charge in [-0.3, -0.25) is 4.79 Å². The van der Waals surface area contributed by atoms with E-state index in [1.807, 2.05) is 48.5 Å². The molecule has 0 aromatic heterocycles. The topological polar surface area (TPSA) is 50.4 Å². The molecule has 1 unspecified atom stereocenters. The van der Waals surface area contributed by atoms with E-state index in [1.54, 1.807) is 6.07 Å². The first-order valence-electron chi connectivity index (χ1n) is 8.09. The summed E-state index contributed by atoms with van der Waals surface area (Å²) in [6.07, 6.45) is 2.31. The maximum Gasteiger partial charge on any atom is 0.251 e. The fraction of sp³-hybridized carbons (Fsp3) is 0.316. The first-order valence-corrected chi connectivity index (χ1v) is 8.09. The van der Waals surface area contributed by atoms with Gasteiger partial charge in [0.2, 0.25) is 0 Å². The molecule has 1 aliphatic rings. The molecule has 0 aliphatic carbocycles. The predicted molar refractivity (Wildman–Crippen MR) is 90.6 cm³/mol. The quantitative estimate of drug-likeness (QED) is 0.862. The molecule has 0 bridgehead atoms. The van der Waals surface area contributed by atoms with E-state index in [2.05, 4.69) is 10.6 Å². The maximum absolute atomic E-state index is 12.2. The van der Waals surface area contributed by atoms with Gasteiger partial charge in [0.25, 0.3) is 5.91 Å². The summed E-state index contributed by atoms with van der Waals surface area (Å²) in [6.45, 7) is 2.22. The molecule has 0 saturated carbocycles. The summed E-state index contributed by atoms with van der Waals surface area (Å²) in [6, 6.07) is 17.7. The monoisotopic (exact) mass is 310 g/mol. The van der Waals surface area contributed by atoms with Crippen molar-refractivity contribution in [3.8, 4) is 5.75 Å². The molecule has 0 spiro atoms. The minimum absolute atomic E-state index is 0.0520. The molecule has 1 atom stereocenters. The van der Waals surface area contributed by atoms with Crippen molar-refractivity contribution in [3.63, 3.8) is 0 Å². The Labute approximate surface area is 136 Å². The summed E-state index contributed by atoms with van der Waals surface area (Å²) < 4.78 is 5.77. The zero-order valence-corrected chi connectivity index (χ0v) is 13.1. The van der Waals surface area contributed by atoms with Crippen LogP contribution in [-0.2, 0) is 6.61 Å². The number of hydrogen-bond donors (Lipinski definition) is 2. The molecule has 1 heterocycles. The molecule has 3 rings (SSSR count). The maximum atomic E-state index is 12.2. The molecule has 2 aromatic rings. The Hall–Kier alpha value is -2.33. The Bertz CT molecular complexity index is 637. The average molecular weight is 310 g/mol. The second-order valence-corrected chi connectivity index (χ2v) is 5.81. The normalized spacial score (nSPS) is 17.0. The van der Waals surface area contributed by atoms with Crippen molar-refractivity contribution < 1.29 is 9.53 Å². The van der Waals surface area contributed by atoms with Crippen LogP contribution < -0.4 is 15.4 Å². The fourth-order valence-electron chi connectivity index (χ4n) is 2.72. The van der Waals surface area contributed by atoms with Crippen molar-refractivity contribution in [1.29, 1.82) is 0 Å². The third kappa shape index (κ3) is 4.57. The van der Waals surface area contributed by atoms with Gasteiger partial charge in [-0.05, 0) is 43.1 Å². The lowest BCUT2D eigenvalue weighted by atomic mass is 10.2. The highest BCUT2D eigenvalue weighted by molar-refractivity contribution is 5.94. The smallest absolute Gasteiger partial charge is 0.251 e. The average Bonchev–Trinajstić information content (AvgIpc) is 3.12. The summed E-state index contributed by atoms with van der Waals surface area (Å²) in [5.41, 5.74) is 1.74. The highest BCUT2D eigenvalue weighted by Gasteiger charge is 2.15. The van der Waals surface area contributed by atoms with Gasteiger partial charge in [-0.25, -0.2) is 0 Å². The second kappa shape index (κ2) is 7.79. The minimum atomic E-state index is -0.0520. The van der Waals surface area contributed by atoms with E-state index in [9.17, 15) is 4.79 Å². The molecule has 1 fully saturated rings. The van der Waals surface area contributed by atoms with Gasteiger partial charge in [-0.2, -0.15) is 0 Å². The van der Waals surface area contributed by atoms with Crippen LogP contribution in [0, 0.1) is 0 Å². The molecular weight excluding hydrogens is 288 g/mol. The first kappa shape index (κ1) is 15.6. The van der Waals surface area contributed by atoms with Crippen molar-refractivity contribution in [2.45, 2.75) is 25.5 Å². The molecule has 23 heavy (non-hydrogen) atoms. The van der Waals surface area contributed by atoms with Crippen LogP contribution in [0.5, 0.6) is 5.75 Å². The molecule has 4 heteroatoms. The number of nitrogens with one attached hydrogen (secondary N) is 2. The van der Waals surface area contributed by atoms with Crippen LogP contribution in [0.25, 0.3) is 0 Å². The number of amides is 1. The summed E-state index contributed by atoms with van der Waals surface area (Å²) in [5, 5.41) is 6.36. The lowest BCUT2D eigenvalue weighted by molar-refractivity contribution is 0.0950. The number of hydrogen-bond acceptors (Lipinski definition) is 3. The number of carbonyl (C=O) groups excluding carboxylic acids is 1. The Kier molecular flexibility index (Phi) is 5.27. The van der Waals surface area contributed by atoms with Crippen LogP contribution in [0.4, 0.5) is 0 Å². The molecule has 1 saturated heterocycles. The van der Waals surface area contributed by atoms with Gasteiger partial charge in [-0.15, -0.1) is 0 Å². The molecule has 2 aromatic carbocycles. The van der Waals surface area contributed by atoms with Crippen molar-refractivity contribution in [1.82, 2.24) is 10.6 Å². The van der Waals surface area contributed by atoms with Crippen molar-refractivity contribution in [3.05, 3.63) is 65.7 Å². The minimum Gasteiger partial charge on any atom is -0.489 e. The van der Waals surface area contributed by atoms with Crippen molar-refractivity contribution >= 4 is 5.91 Å². The van der Waals surface area contributed by atoms with Crippen LogP contribution in [0.3, 0.4) is 0 Å². The summed E-state index contributed by atoms with van der Waals surface area (Å²) in [4.78, 5) is 12.2. The first-order chi connectivity index (χ1) is 11.3. The molecule has 1 amide bonds. The van der Waals surface area contributed by atoms with E-state index in [-0.39, 0.29) is 5.91 Å². The number of rotatable bonds is 6. The Morgan fingerprint density at radius 2 is 2.04 bits per heavy atom. The van der Waals surface area contributed by atoms with Crippen molar-refractivity contribution in [2.75, 3.05) is 13.1 Å². The largest absolute Gasteiger partial charge is 0.489 e. The molecule has 0 radical (unpaired) electrons. The highest BCUT2D eigenvalue weighted by atomic mass is 16.5. The zero-order chi connectivity index (χ0) is 15.9. The number of carbonyl (C=O) groups is 1. The molecule has 4 nitrogen and oxygen atoms in total. The Morgan fingerprint density at radius 3 is 2.83 bits per heavy atom. The van der Waals surface area contributed by atoms with Gasteiger partial charge in [-0.1, -0.05) is 36.4 Å². The second-order valence-electron chi connectivity index (χ2n) is 5.81. The van der Waals surface area contributed by atoms with Crippen molar-refractivity contribution in [2.24, 2.45) is 0 Å². The van der Waals surface area contributed by atoms with Gasteiger partial charge in [0.1, 0.15) is 12.4 Å². The summed E-state index contributed by atoms with van der Waals surface area (Å²) in [5.74, 6) is 0.657. The van der Waals surface area contributed by atoms with E-state index in [0.29, 0.717) is 30.5 Å². The molecule has 120 valence electrons. The van der Waals surface area contributed by atoms with Crippen LogP contribution in [0.2, 0.25) is 0 Å². The van der Waals surface area contributed by atoms with E-state index >= 15 is 0 Å². The van der Waals surface area contributed by atoms with Gasteiger partial charge in [0, 0.05) is 18.2 Å². The molecule has 2 N–H and O–H groups in total. The third-order valence-corrected chi connectivity index (χ3v) is 4.02. The van der Waals surface area contributed by atoms with Gasteiger partial charge < -0.3 is 15.4 Å². The third-order valence-electron chi connectivity index (χ3n) is 4.02. The highest BCUT2D eigenvalue weighted by Crippen LogP contribution is 2.15. The Morgan fingerprint density at radius 1 is 1.17 bits per heavy atom. The number of benzene rings is 2. The van der Waals surface area contributed by atoms with E-state index in [1.165, 1.54) is 6.42 Å². The molecular formula is C19H22N2O2. The van der Waals surface area contributed by atoms with Crippen LogP contribution >= 0.6 is 0 Å². The standard InChI is InChI=1S/C19H22N2O2/c22-19(21-13-17-9-5-11-20-17)16-8-4-10-18(12-16)23-14-15-6-2-1-3-7-15/h1-4,6-8,10,12,17,20H,5,9,11,13-14H2,(H,21,22). The lowest BCUT2D eigenvalue weighted by Crippen LogP contribution is -2.37. The van der Waals surface area contributed by atoms with E-state index in [0.717, 1.165) is 18.5 Å².